The van der Waals surface area contributed by atoms with E-state index < -0.39 is 0 Å². The Bertz CT molecular complexity index is 499. The van der Waals surface area contributed by atoms with Crippen LogP contribution in [0.25, 0.3) is 0 Å². The highest BCUT2D eigenvalue weighted by molar-refractivity contribution is 6.31. The lowest BCUT2D eigenvalue weighted by Gasteiger charge is -2.21. The number of amides is 1. The van der Waals surface area contributed by atoms with Gasteiger partial charge in [0.1, 0.15) is 5.84 Å². The van der Waals surface area contributed by atoms with E-state index in [-0.39, 0.29) is 18.4 Å². The lowest BCUT2D eigenvalue weighted by Crippen LogP contribution is -2.24. The van der Waals surface area contributed by atoms with E-state index in [0.29, 0.717) is 10.9 Å². The number of hydrazone groups is 1. The number of carbonyl (C=O) groups excluding carboxylic acids is 1. The van der Waals surface area contributed by atoms with Crippen LogP contribution in [0.1, 0.15) is 30.5 Å². The Balaban J connectivity index is 2.28. The van der Waals surface area contributed by atoms with Gasteiger partial charge in [0, 0.05) is 5.02 Å². The average molecular weight is 252 g/mol. The van der Waals surface area contributed by atoms with E-state index in [4.69, 9.17) is 17.3 Å². The van der Waals surface area contributed by atoms with Crippen molar-refractivity contribution < 1.29 is 4.79 Å². The summed E-state index contributed by atoms with van der Waals surface area (Å²) in [6.45, 7) is 3.84. The molecule has 1 aliphatic heterocycles. The maximum Gasteiger partial charge on any atom is 0.250 e. The molecular formula is C12H14ClN3O. The average Bonchev–Trinajstić information content (AvgIpc) is 2.61. The van der Waals surface area contributed by atoms with Gasteiger partial charge >= 0.3 is 0 Å². The molecule has 1 aromatic rings. The van der Waals surface area contributed by atoms with Crippen molar-refractivity contribution in [2.45, 2.75) is 26.3 Å². The molecule has 2 rings (SSSR count). The molecular weight excluding hydrogens is 238 g/mol. The minimum Gasteiger partial charge on any atom is -0.385 e. The first-order chi connectivity index (χ1) is 7.99. The second-order valence-corrected chi connectivity index (χ2v) is 4.60. The molecule has 0 saturated carbocycles. The van der Waals surface area contributed by atoms with Gasteiger partial charge in [0.25, 0.3) is 5.91 Å². The second-order valence-electron chi connectivity index (χ2n) is 4.19. The maximum atomic E-state index is 11.6. The molecule has 1 heterocycles. The zero-order chi connectivity index (χ0) is 12.6. The Morgan fingerprint density at radius 3 is 2.76 bits per heavy atom. The summed E-state index contributed by atoms with van der Waals surface area (Å²) in [4.78, 5) is 11.6. The first-order valence-electron chi connectivity index (χ1n) is 5.40. The van der Waals surface area contributed by atoms with Gasteiger partial charge in [0.05, 0.1) is 12.5 Å². The van der Waals surface area contributed by atoms with Crippen molar-refractivity contribution in [3.63, 3.8) is 0 Å². The highest BCUT2D eigenvalue weighted by atomic mass is 35.5. The monoisotopic (exact) mass is 251 g/mol. The third-order valence-corrected chi connectivity index (χ3v) is 3.28. The first-order valence-corrected chi connectivity index (χ1v) is 5.78. The SMILES string of the molecule is Cc1ccc(C(C)N2N=C(N)CC2=O)cc1Cl. The van der Waals surface area contributed by atoms with Crippen LogP contribution in [0.5, 0.6) is 0 Å². The molecule has 2 N–H and O–H groups in total. The smallest absolute Gasteiger partial charge is 0.250 e. The zero-order valence-electron chi connectivity index (χ0n) is 9.77. The van der Waals surface area contributed by atoms with Crippen LogP contribution < -0.4 is 5.73 Å². The molecule has 4 nitrogen and oxygen atoms in total. The summed E-state index contributed by atoms with van der Waals surface area (Å²) in [5.41, 5.74) is 7.51. The Hall–Kier alpha value is -1.55. The number of carbonyl (C=O) groups is 1. The van der Waals surface area contributed by atoms with E-state index in [2.05, 4.69) is 5.10 Å². The minimum absolute atomic E-state index is 0.0771. The molecule has 0 aliphatic carbocycles. The van der Waals surface area contributed by atoms with Gasteiger partial charge in [0.2, 0.25) is 0 Å². The molecule has 0 fully saturated rings. The normalized spacial score (nSPS) is 17.2. The standard InChI is InChI=1S/C12H14ClN3O/c1-7-3-4-9(5-10(7)13)8(2)16-12(17)6-11(14)15-16/h3-5,8H,6H2,1-2H3,(H2,14,15). The second kappa shape index (κ2) is 4.37. The molecule has 1 aliphatic rings. The number of hydrogen-bond donors (Lipinski definition) is 1. The highest BCUT2D eigenvalue weighted by Crippen LogP contribution is 2.27. The van der Waals surface area contributed by atoms with Crippen LogP contribution in [0.2, 0.25) is 5.02 Å². The van der Waals surface area contributed by atoms with Gasteiger partial charge in [-0.05, 0) is 31.0 Å². The van der Waals surface area contributed by atoms with E-state index in [0.717, 1.165) is 11.1 Å². The lowest BCUT2D eigenvalue weighted by atomic mass is 10.1. The number of nitrogens with zero attached hydrogens (tertiary/aromatic N) is 2. The fourth-order valence-electron chi connectivity index (χ4n) is 1.78. The van der Waals surface area contributed by atoms with Gasteiger partial charge < -0.3 is 5.73 Å². The highest BCUT2D eigenvalue weighted by Gasteiger charge is 2.27. The van der Waals surface area contributed by atoms with E-state index in [1.165, 1.54) is 5.01 Å². The van der Waals surface area contributed by atoms with Crippen LogP contribution in [-0.2, 0) is 4.79 Å². The molecule has 0 saturated heterocycles. The number of rotatable bonds is 2. The molecule has 90 valence electrons. The summed E-state index contributed by atoms with van der Waals surface area (Å²) in [7, 11) is 0. The fourth-order valence-corrected chi connectivity index (χ4v) is 1.97. The topological polar surface area (TPSA) is 58.7 Å². The summed E-state index contributed by atoms with van der Waals surface area (Å²) in [5.74, 6) is 0.284. The number of hydrogen-bond acceptors (Lipinski definition) is 3. The van der Waals surface area contributed by atoms with Crippen LogP contribution in [0.15, 0.2) is 23.3 Å². The lowest BCUT2D eigenvalue weighted by molar-refractivity contribution is -0.130. The van der Waals surface area contributed by atoms with Crippen molar-refractivity contribution in [1.82, 2.24) is 5.01 Å². The first kappa shape index (κ1) is 11.9. The van der Waals surface area contributed by atoms with Crippen LogP contribution >= 0.6 is 11.6 Å². The van der Waals surface area contributed by atoms with Gasteiger partial charge in [-0.1, -0.05) is 23.7 Å². The van der Waals surface area contributed by atoms with Crippen molar-refractivity contribution in [3.8, 4) is 0 Å². The van der Waals surface area contributed by atoms with Crippen molar-refractivity contribution in [2.24, 2.45) is 10.8 Å². The van der Waals surface area contributed by atoms with Crippen molar-refractivity contribution in [3.05, 3.63) is 34.3 Å². The van der Waals surface area contributed by atoms with Crippen LogP contribution in [0.4, 0.5) is 0 Å². The predicted octanol–water partition coefficient (Wildman–Crippen LogP) is 2.21. The van der Waals surface area contributed by atoms with Crippen LogP contribution in [0.3, 0.4) is 0 Å². The zero-order valence-corrected chi connectivity index (χ0v) is 10.5. The third kappa shape index (κ3) is 2.26. The summed E-state index contributed by atoms with van der Waals surface area (Å²) in [6.07, 6.45) is 0.198. The van der Waals surface area contributed by atoms with Gasteiger partial charge in [-0.15, -0.1) is 0 Å². The number of halogens is 1. The Morgan fingerprint density at radius 1 is 1.53 bits per heavy atom. The van der Waals surface area contributed by atoms with E-state index in [9.17, 15) is 4.79 Å². The minimum atomic E-state index is -0.151. The summed E-state index contributed by atoms with van der Waals surface area (Å²) in [6, 6.07) is 5.59. The summed E-state index contributed by atoms with van der Waals surface area (Å²) in [5, 5.41) is 6.14. The molecule has 0 radical (unpaired) electrons. The Labute approximate surface area is 105 Å². The molecule has 17 heavy (non-hydrogen) atoms. The van der Waals surface area contributed by atoms with Crippen molar-refractivity contribution >= 4 is 23.3 Å². The molecule has 1 amide bonds. The predicted molar refractivity (Wildman–Crippen MR) is 67.7 cm³/mol. The Kier molecular flexibility index (Phi) is 3.07. The van der Waals surface area contributed by atoms with E-state index in [1.54, 1.807) is 0 Å². The number of aryl methyl sites for hydroxylation is 1. The summed E-state index contributed by atoms with van der Waals surface area (Å²) < 4.78 is 0. The van der Waals surface area contributed by atoms with Crippen molar-refractivity contribution in [1.29, 1.82) is 0 Å². The number of amidine groups is 1. The summed E-state index contributed by atoms with van der Waals surface area (Å²) >= 11 is 6.07. The molecule has 5 heteroatoms. The van der Waals surface area contributed by atoms with E-state index in [1.807, 2.05) is 32.0 Å². The van der Waals surface area contributed by atoms with Gasteiger partial charge in [-0.25, -0.2) is 5.01 Å². The van der Waals surface area contributed by atoms with Crippen LogP contribution in [0, 0.1) is 6.92 Å². The van der Waals surface area contributed by atoms with Gasteiger partial charge in [0.15, 0.2) is 0 Å². The van der Waals surface area contributed by atoms with E-state index >= 15 is 0 Å². The molecule has 1 aromatic carbocycles. The maximum absolute atomic E-state index is 11.6. The molecule has 1 atom stereocenters. The number of benzene rings is 1. The molecule has 0 bridgehead atoms. The van der Waals surface area contributed by atoms with Gasteiger partial charge in [-0.2, -0.15) is 5.10 Å². The van der Waals surface area contributed by atoms with Gasteiger partial charge in [-0.3, -0.25) is 4.79 Å². The molecule has 0 spiro atoms. The quantitative estimate of drug-likeness (QED) is 0.876. The van der Waals surface area contributed by atoms with Crippen LogP contribution in [-0.4, -0.2) is 16.8 Å². The molecule has 1 unspecified atom stereocenters. The third-order valence-electron chi connectivity index (χ3n) is 2.87. The van der Waals surface area contributed by atoms with Crippen molar-refractivity contribution in [2.75, 3.05) is 0 Å². The Morgan fingerprint density at radius 2 is 2.24 bits per heavy atom. The fraction of sp³-hybridized carbons (Fsp3) is 0.333. The number of nitrogens with two attached hydrogens (primary N) is 1. The largest absolute Gasteiger partial charge is 0.385 e. The molecule has 0 aromatic heterocycles.